The van der Waals surface area contributed by atoms with Crippen molar-refractivity contribution in [3.63, 3.8) is 0 Å². The van der Waals surface area contributed by atoms with Gasteiger partial charge in [0.1, 0.15) is 24.1 Å². The molecule has 0 spiro atoms. The molecule has 2 aromatic rings. The van der Waals surface area contributed by atoms with Crippen LogP contribution in [0.25, 0.3) is 12.2 Å². The number of carboxylic acid groups (broad SMARTS) is 1. The topological polar surface area (TPSA) is 163 Å². The molecule has 10 nitrogen and oxygen atoms in total. The molecule has 1 saturated heterocycles. The molecule has 4 rings (SSSR count). The average Bonchev–Trinajstić information content (AvgIpc) is 2.90. The van der Waals surface area contributed by atoms with E-state index in [0.717, 1.165) is 5.56 Å². The number of hydrogen-bond acceptors (Lipinski definition) is 7. The van der Waals surface area contributed by atoms with Gasteiger partial charge in [0.15, 0.2) is 6.10 Å². The van der Waals surface area contributed by atoms with Crippen molar-refractivity contribution < 1.29 is 39.5 Å². The molecule has 2 aliphatic rings. The summed E-state index contributed by atoms with van der Waals surface area (Å²) in [4.78, 5) is 24.8. The Morgan fingerprint density at radius 3 is 2.32 bits per heavy atom. The van der Waals surface area contributed by atoms with Gasteiger partial charge < -0.3 is 35.6 Å². The van der Waals surface area contributed by atoms with Gasteiger partial charge >= 0.3 is 12.0 Å². The van der Waals surface area contributed by atoms with Crippen LogP contribution in [0.2, 0.25) is 0 Å². The van der Waals surface area contributed by atoms with Crippen LogP contribution in [-0.2, 0) is 9.53 Å². The summed E-state index contributed by atoms with van der Waals surface area (Å²) >= 11 is 0. The van der Waals surface area contributed by atoms with Crippen LogP contribution < -0.4 is 15.4 Å². The van der Waals surface area contributed by atoms with Gasteiger partial charge in [-0.1, -0.05) is 30.4 Å². The minimum atomic E-state index is -1.81. The molecule has 0 aromatic heterocycles. The van der Waals surface area contributed by atoms with Gasteiger partial charge in [-0.05, 0) is 29.8 Å². The highest BCUT2D eigenvalue weighted by molar-refractivity contribution is 6.05. The summed E-state index contributed by atoms with van der Waals surface area (Å²) in [6, 6.07) is 11.1. The summed E-state index contributed by atoms with van der Waals surface area (Å²) in [7, 11) is 0. The fraction of sp³-hybridized carbons (Fsp3) is 0.238. The number of hydrogen-bond donors (Lipinski definition) is 5. The lowest BCUT2D eigenvalue weighted by atomic mass is 9.99. The average molecular weight is 428 g/mol. The van der Waals surface area contributed by atoms with E-state index in [-0.39, 0.29) is 5.75 Å². The number of amides is 2. The van der Waals surface area contributed by atoms with Crippen molar-refractivity contribution in [1.82, 2.24) is 0 Å². The molecule has 0 saturated carbocycles. The van der Waals surface area contributed by atoms with Gasteiger partial charge in [0.2, 0.25) is 6.29 Å². The second-order valence-corrected chi connectivity index (χ2v) is 7.14. The number of primary amides is 1. The number of aliphatic carboxylic acids is 1. The van der Waals surface area contributed by atoms with Crippen molar-refractivity contribution >= 4 is 35.5 Å². The lowest BCUT2D eigenvalue weighted by Gasteiger charge is -2.38. The molecule has 10 heteroatoms. The predicted molar refractivity (Wildman–Crippen MR) is 108 cm³/mol. The normalized spacial score (nSPS) is 27.1. The monoisotopic (exact) mass is 428 g/mol. The molecule has 162 valence electrons. The highest BCUT2D eigenvalue weighted by Gasteiger charge is 2.48. The van der Waals surface area contributed by atoms with Crippen LogP contribution >= 0.6 is 0 Å². The van der Waals surface area contributed by atoms with Crippen molar-refractivity contribution in [3.05, 3.63) is 53.6 Å². The van der Waals surface area contributed by atoms with Crippen LogP contribution in [0, 0.1) is 0 Å². The van der Waals surface area contributed by atoms with Gasteiger partial charge in [-0.2, -0.15) is 0 Å². The number of carbonyl (C=O) groups is 2. The van der Waals surface area contributed by atoms with Gasteiger partial charge in [-0.3, -0.25) is 4.90 Å². The Morgan fingerprint density at radius 1 is 0.935 bits per heavy atom. The van der Waals surface area contributed by atoms with Gasteiger partial charge in [0, 0.05) is 5.56 Å². The van der Waals surface area contributed by atoms with E-state index >= 15 is 0 Å². The lowest BCUT2D eigenvalue weighted by molar-refractivity contribution is -0.271. The van der Waals surface area contributed by atoms with E-state index in [4.69, 9.17) is 20.3 Å². The largest absolute Gasteiger partial charge is 0.479 e. The Kier molecular flexibility index (Phi) is 5.38. The minimum Gasteiger partial charge on any atom is -0.479 e. The highest BCUT2D eigenvalue weighted by atomic mass is 16.7. The lowest BCUT2D eigenvalue weighted by Crippen LogP contribution is -2.61. The zero-order valence-corrected chi connectivity index (χ0v) is 16.0. The number of para-hydroxylation sites is 1. The molecular formula is C21H20N2O8. The summed E-state index contributed by atoms with van der Waals surface area (Å²) in [6.45, 7) is 0. The standard InChI is InChI=1S/C21H20N2O8/c22-21(29)23-13-4-2-1-3-10(13)5-6-11-9-12(7-8-14(11)23)30-20-17(26)15(24)16(25)18(31-20)19(27)28/h1-9,15-18,20,24-26H,(H2,22,29)(H,27,28)/t15-,16-,17+,18-,20+/m0/s1. The molecule has 0 aliphatic carbocycles. The van der Waals surface area contributed by atoms with Crippen LogP contribution in [0.4, 0.5) is 16.2 Å². The van der Waals surface area contributed by atoms with Crippen LogP contribution in [0.1, 0.15) is 11.1 Å². The Labute approximate surface area is 176 Å². The SMILES string of the molecule is NC(=O)N1c2ccccc2C=Cc2cc(O[C@@H]3O[C@H](C(=O)O)[C@@H](O)[C@H](O)[C@H]3O)ccc21. The zero-order valence-electron chi connectivity index (χ0n) is 16.0. The first-order chi connectivity index (χ1) is 14.8. The van der Waals surface area contributed by atoms with E-state index < -0.39 is 42.7 Å². The number of carbonyl (C=O) groups excluding carboxylic acids is 1. The van der Waals surface area contributed by atoms with E-state index in [1.165, 1.54) is 11.0 Å². The first kappa shape index (κ1) is 20.8. The maximum absolute atomic E-state index is 12.2. The van der Waals surface area contributed by atoms with E-state index in [1.54, 1.807) is 36.4 Å². The predicted octanol–water partition coefficient (Wildman–Crippen LogP) is 0.658. The fourth-order valence-electron chi connectivity index (χ4n) is 3.61. The second-order valence-electron chi connectivity index (χ2n) is 7.14. The smallest absolute Gasteiger partial charge is 0.335 e. The fourth-order valence-corrected chi connectivity index (χ4v) is 3.61. The Balaban J connectivity index is 1.66. The maximum Gasteiger partial charge on any atom is 0.335 e. The number of nitrogens with two attached hydrogens (primary N) is 1. The number of aliphatic hydroxyl groups is 3. The van der Waals surface area contributed by atoms with Crippen LogP contribution in [0.3, 0.4) is 0 Å². The van der Waals surface area contributed by atoms with Gasteiger partial charge in [-0.15, -0.1) is 0 Å². The van der Waals surface area contributed by atoms with Gasteiger partial charge in [-0.25, -0.2) is 9.59 Å². The van der Waals surface area contributed by atoms with Crippen molar-refractivity contribution in [2.45, 2.75) is 30.7 Å². The Bertz CT molecular complexity index is 1060. The number of rotatable bonds is 3. The molecule has 2 amide bonds. The van der Waals surface area contributed by atoms with Gasteiger partial charge in [0.05, 0.1) is 11.4 Å². The Hall–Kier alpha value is -3.44. The van der Waals surface area contributed by atoms with E-state index in [0.29, 0.717) is 16.9 Å². The van der Waals surface area contributed by atoms with Crippen LogP contribution in [-0.4, -0.2) is 63.1 Å². The third-order valence-corrected chi connectivity index (χ3v) is 5.15. The first-order valence-electron chi connectivity index (χ1n) is 9.38. The molecule has 2 heterocycles. The summed E-state index contributed by atoms with van der Waals surface area (Å²) in [5.74, 6) is -1.33. The molecule has 1 fully saturated rings. The highest BCUT2D eigenvalue weighted by Crippen LogP contribution is 2.38. The quantitative estimate of drug-likeness (QED) is 0.476. The number of fused-ring (bicyclic) bond motifs is 2. The number of ether oxygens (including phenoxy) is 2. The molecule has 0 radical (unpaired) electrons. The number of anilines is 2. The third kappa shape index (κ3) is 3.73. The van der Waals surface area contributed by atoms with E-state index in [9.17, 15) is 24.9 Å². The van der Waals surface area contributed by atoms with Crippen molar-refractivity contribution in [2.24, 2.45) is 5.73 Å². The van der Waals surface area contributed by atoms with Crippen molar-refractivity contribution in [2.75, 3.05) is 4.90 Å². The number of nitrogens with zero attached hydrogens (tertiary/aromatic N) is 1. The minimum absolute atomic E-state index is 0.176. The number of benzene rings is 2. The Morgan fingerprint density at radius 2 is 1.61 bits per heavy atom. The summed E-state index contributed by atoms with van der Waals surface area (Å²) in [5.41, 5.74) is 8.04. The molecule has 2 aromatic carbocycles. The maximum atomic E-state index is 12.2. The van der Waals surface area contributed by atoms with E-state index in [2.05, 4.69) is 0 Å². The van der Waals surface area contributed by atoms with Crippen LogP contribution in [0.15, 0.2) is 42.5 Å². The van der Waals surface area contributed by atoms with Gasteiger partial charge in [0.25, 0.3) is 0 Å². The van der Waals surface area contributed by atoms with Crippen molar-refractivity contribution in [3.8, 4) is 5.75 Å². The second kappa shape index (κ2) is 8.00. The summed E-state index contributed by atoms with van der Waals surface area (Å²) in [5, 5.41) is 39.0. The van der Waals surface area contributed by atoms with Crippen LogP contribution in [0.5, 0.6) is 5.75 Å². The third-order valence-electron chi connectivity index (χ3n) is 5.15. The molecular weight excluding hydrogens is 408 g/mol. The summed E-state index contributed by atoms with van der Waals surface area (Å²) in [6.07, 6.45) is -5.05. The van der Waals surface area contributed by atoms with E-state index in [1.807, 2.05) is 12.1 Å². The molecule has 31 heavy (non-hydrogen) atoms. The molecule has 6 N–H and O–H groups in total. The molecule has 0 unspecified atom stereocenters. The summed E-state index contributed by atoms with van der Waals surface area (Å²) < 4.78 is 10.7. The molecule has 5 atom stereocenters. The molecule has 2 aliphatic heterocycles. The molecule has 0 bridgehead atoms. The zero-order chi connectivity index (χ0) is 22.3. The number of urea groups is 1. The van der Waals surface area contributed by atoms with Crippen molar-refractivity contribution in [1.29, 1.82) is 0 Å². The number of carboxylic acids is 1. The first-order valence-corrected chi connectivity index (χ1v) is 9.38. The number of aliphatic hydroxyl groups excluding tert-OH is 3.